The number of nitrogens with zero attached hydrogens (tertiary/aromatic N) is 3. The van der Waals surface area contributed by atoms with Crippen LogP contribution in [0.1, 0.15) is 5.82 Å². The molecule has 1 aromatic heterocycles. The molecule has 0 saturated carbocycles. The summed E-state index contributed by atoms with van der Waals surface area (Å²) in [4.78, 5) is 11.8. The number of H-pyrrole nitrogens is 1. The molecule has 0 amide bonds. The number of benzene rings is 1. The number of methoxy groups -OCH3 is 2. The lowest BCUT2D eigenvalue weighted by Gasteiger charge is -2.06. The molecule has 1 heterocycles. The minimum absolute atomic E-state index is 0.512. The van der Waals surface area contributed by atoms with Crippen molar-refractivity contribution in [2.45, 2.75) is 0 Å². The summed E-state index contributed by atoms with van der Waals surface area (Å²) in [6.45, 7) is 0. The molecular formula is C11H13N5O3. The van der Waals surface area contributed by atoms with Crippen molar-refractivity contribution in [3.8, 4) is 11.5 Å². The fraction of sp³-hybridized carbons (Fsp3) is 0.182. The summed E-state index contributed by atoms with van der Waals surface area (Å²) in [5.74, 6) is 1.73. The highest BCUT2D eigenvalue weighted by molar-refractivity contribution is 5.85. The van der Waals surface area contributed by atoms with Gasteiger partial charge < -0.3 is 20.2 Å². The van der Waals surface area contributed by atoms with Crippen molar-refractivity contribution in [1.29, 1.82) is 0 Å². The first kappa shape index (κ1) is 12.7. The van der Waals surface area contributed by atoms with Crippen LogP contribution in [0.5, 0.6) is 11.5 Å². The molecule has 0 aliphatic rings. The number of fused-ring (bicyclic) bond motifs is 1. The molecule has 3 N–H and O–H groups in total. The van der Waals surface area contributed by atoms with Gasteiger partial charge in [-0.1, -0.05) is 5.16 Å². The van der Waals surface area contributed by atoms with Gasteiger partial charge in [-0.25, -0.2) is 9.92 Å². The van der Waals surface area contributed by atoms with Crippen LogP contribution in [0, 0.1) is 0 Å². The van der Waals surface area contributed by atoms with Crippen LogP contribution in [-0.2, 0) is 4.94 Å². The van der Waals surface area contributed by atoms with E-state index in [4.69, 9.17) is 15.2 Å². The van der Waals surface area contributed by atoms with Gasteiger partial charge >= 0.3 is 0 Å². The predicted octanol–water partition coefficient (Wildman–Crippen LogP) is 0.833. The second-order valence-electron chi connectivity index (χ2n) is 3.42. The van der Waals surface area contributed by atoms with Crippen molar-refractivity contribution in [2.75, 3.05) is 14.2 Å². The lowest BCUT2D eigenvalue weighted by molar-refractivity contribution is 0.158. The Balaban J connectivity index is 2.32. The summed E-state index contributed by atoms with van der Waals surface area (Å²) >= 11 is 0. The Morgan fingerprint density at radius 1 is 1.21 bits per heavy atom. The third-order valence-corrected chi connectivity index (χ3v) is 2.34. The highest BCUT2D eigenvalue weighted by Crippen LogP contribution is 2.30. The van der Waals surface area contributed by atoms with Crippen LogP contribution in [0.2, 0.25) is 0 Å². The van der Waals surface area contributed by atoms with Crippen molar-refractivity contribution in [3.63, 3.8) is 0 Å². The summed E-state index contributed by atoms with van der Waals surface area (Å²) in [5, 5.41) is 6.82. The number of ether oxygens (including phenoxy) is 2. The number of nitrogens with two attached hydrogens (primary N) is 1. The fourth-order valence-corrected chi connectivity index (χ4v) is 1.55. The van der Waals surface area contributed by atoms with E-state index in [1.807, 2.05) is 0 Å². The molecule has 0 aliphatic carbocycles. The molecular weight excluding hydrogens is 250 g/mol. The van der Waals surface area contributed by atoms with Gasteiger partial charge in [0.15, 0.2) is 17.3 Å². The first-order valence-corrected chi connectivity index (χ1v) is 5.33. The van der Waals surface area contributed by atoms with Crippen LogP contribution in [-0.4, -0.2) is 36.7 Å². The van der Waals surface area contributed by atoms with E-state index in [9.17, 15) is 0 Å². The summed E-state index contributed by atoms with van der Waals surface area (Å²) in [6, 6.07) is 3.55. The monoisotopic (exact) mass is 263 g/mol. The van der Waals surface area contributed by atoms with E-state index in [-0.39, 0.29) is 0 Å². The SMILES string of the molecule is COc1cc2nc(/C=N/O/N=C/N)[nH]c2cc1OC. The quantitative estimate of drug-likeness (QED) is 0.472. The van der Waals surface area contributed by atoms with Gasteiger partial charge in [-0.05, 0) is 5.16 Å². The summed E-state index contributed by atoms with van der Waals surface area (Å²) in [5.41, 5.74) is 6.51. The number of oxime groups is 2. The fourth-order valence-electron chi connectivity index (χ4n) is 1.55. The molecule has 0 fully saturated rings. The molecule has 0 spiro atoms. The zero-order valence-electron chi connectivity index (χ0n) is 10.5. The topological polar surface area (TPSA) is 107 Å². The summed E-state index contributed by atoms with van der Waals surface area (Å²) < 4.78 is 10.4. The maximum Gasteiger partial charge on any atom is 0.163 e. The van der Waals surface area contributed by atoms with Gasteiger partial charge in [-0.2, -0.15) is 0 Å². The zero-order chi connectivity index (χ0) is 13.7. The number of nitrogens with one attached hydrogen (secondary N) is 1. The molecule has 2 aromatic rings. The van der Waals surface area contributed by atoms with E-state index < -0.39 is 0 Å². The number of aromatic nitrogens is 2. The van der Waals surface area contributed by atoms with Gasteiger partial charge in [0, 0.05) is 12.1 Å². The first-order valence-electron chi connectivity index (χ1n) is 5.33. The molecule has 0 aliphatic heterocycles. The second kappa shape index (κ2) is 5.71. The Morgan fingerprint density at radius 2 is 1.95 bits per heavy atom. The number of aromatic amines is 1. The van der Waals surface area contributed by atoms with E-state index in [1.165, 1.54) is 6.21 Å². The van der Waals surface area contributed by atoms with Crippen molar-refractivity contribution in [2.24, 2.45) is 16.0 Å². The standard InChI is InChI=1S/C11H13N5O3/c1-17-9-3-7-8(4-10(9)18-2)16-11(15-7)5-13-19-14-6-12/h3-6H,1-2H3,(H2,12,14)(H,15,16)/b13-5+. The van der Waals surface area contributed by atoms with E-state index in [2.05, 4.69) is 25.2 Å². The molecule has 0 radical (unpaired) electrons. The van der Waals surface area contributed by atoms with Gasteiger partial charge in [0.2, 0.25) is 0 Å². The molecule has 0 saturated heterocycles. The Labute approximate surface area is 108 Å². The smallest absolute Gasteiger partial charge is 0.163 e. The van der Waals surface area contributed by atoms with Crippen LogP contribution in [0.15, 0.2) is 22.4 Å². The summed E-state index contributed by atoms with van der Waals surface area (Å²) in [7, 11) is 3.14. The maximum absolute atomic E-state index is 5.20. The van der Waals surface area contributed by atoms with Crippen molar-refractivity contribution < 1.29 is 14.4 Å². The molecule has 0 bridgehead atoms. The molecule has 100 valence electrons. The lowest BCUT2D eigenvalue weighted by atomic mass is 10.3. The van der Waals surface area contributed by atoms with E-state index >= 15 is 0 Å². The molecule has 1 aromatic carbocycles. The molecule has 19 heavy (non-hydrogen) atoms. The third-order valence-electron chi connectivity index (χ3n) is 2.34. The second-order valence-corrected chi connectivity index (χ2v) is 3.42. The van der Waals surface area contributed by atoms with E-state index in [1.54, 1.807) is 26.4 Å². The van der Waals surface area contributed by atoms with Crippen LogP contribution < -0.4 is 15.2 Å². The van der Waals surface area contributed by atoms with Crippen molar-refractivity contribution >= 4 is 23.6 Å². The molecule has 0 atom stereocenters. The number of rotatable bonds is 5. The molecule has 2 rings (SSSR count). The zero-order valence-corrected chi connectivity index (χ0v) is 10.5. The Morgan fingerprint density at radius 3 is 2.63 bits per heavy atom. The van der Waals surface area contributed by atoms with Gasteiger partial charge in [-0.15, -0.1) is 0 Å². The van der Waals surface area contributed by atoms with Gasteiger partial charge in [0.1, 0.15) is 12.6 Å². The maximum atomic E-state index is 5.20. The molecule has 8 nitrogen and oxygen atoms in total. The summed E-state index contributed by atoms with van der Waals surface area (Å²) in [6.07, 6.45) is 2.37. The minimum Gasteiger partial charge on any atom is -0.493 e. The van der Waals surface area contributed by atoms with Crippen LogP contribution >= 0.6 is 0 Å². The number of imidazole rings is 1. The van der Waals surface area contributed by atoms with Crippen molar-refractivity contribution in [3.05, 3.63) is 18.0 Å². The van der Waals surface area contributed by atoms with Gasteiger partial charge in [0.25, 0.3) is 0 Å². The number of hydrogen-bond donors (Lipinski definition) is 2. The highest BCUT2D eigenvalue weighted by atomic mass is 16.8. The first-order chi connectivity index (χ1) is 9.28. The minimum atomic E-state index is 0.512. The normalized spacial score (nSPS) is 11.5. The average molecular weight is 263 g/mol. The van der Waals surface area contributed by atoms with Crippen LogP contribution in [0.25, 0.3) is 11.0 Å². The molecule has 0 unspecified atom stereocenters. The van der Waals surface area contributed by atoms with Crippen LogP contribution in [0.3, 0.4) is 0 Å². The molecule has 8 heteroatoms. The third kappa shape index (κ3) is 2.73. The Bertz CT molecular complexity index is 579. The van der Waals surface area contributed by atoms with Gasteiger partial charge in [0.05, 0.1) is 25.3 Å². The van der Waals surface area contributed by atoms with Crippen molar-refractivity contribution in [1.82, 2.24) is 9.97 Å². The predicted molar refractivity (Wildman–Crippen MR) is 70.6 cm³/mol. The lowest BCUT2D eigenvalue weighted by Crippen LogP contribution is -1.89. The number of hydrogen-bond acceptors (Lipinski definition) is 6. The van der Waals surface area contributed by atoms with Gasteiger partial charge in [-0.3, -0.25) is 0 Å². The Kier molecular flexibility index (Phi) is 3.81. The van der Waals surface area contributed by atoms with E-state index in [0.29, 0.717) is 17.3 Å². The Hall–Kier alpha value is -2.77. The highest BCUT2D eigenvalue weighted by Gasteiger charge is 2.09. The average Bonchev–Trinajstić information content (AvgIpc) is 2.83. The van der Waals surface area contributed by atoms with E-state index in [0.717, 1.165) is 17.4 Å². The largest absolute Gasteiger partial charge is 0.493 e. The van der Waals surface area contributed by atoms with Crippen LogP contribution in [0.4, 0.5) is 0 Å².